The van der Waals surface area contributed by atoms with Crippen molar-refractivity contribution in [2.45, 2.75) is 45.3 Å². The van der Waals surface area contributed by atoms with Crippen LogP contribution >= 0.6 is 0 Å². The van der Waals surface area contributed by atoms with Crippen molar-refractivity contribution in [2.24, 2.45) is 5.92 Å². The van der Waals surface area contributed by atoms with Crippen LogP contribution in [0.15, 0.2) is 0 Å². The summed E-state index contributed by atoms with van der Waals surface area (Å²) < 4.78 is 10.9. The summed E-state index contributed by atoms with van der Waals surface area (Å²) in [7, 11) is 1.74. The zero-order chi connectivity index (χ0) is 8.97. The van der Waals surface area contributed by atoms with Gasteiger partial charge in [-0.3, -0.25) is 0 Å². The fourth-order valence-corrected chi connectivity index (χ4v) is 2.06. The number of rotatable bonds is 4. The molecule has 1 rings (SSSR count). The number of hydrogen-bond acceptors (Lipinski definition) is 2. The highest BCUT2D eigenvalue weighted by Crippen LogP contribution is 2.30. The Morgan fingerprint density at radius 3 is 2.50 bits per heavy atom. The summed E-state index contributed by atoms with van der Waals surface area (Å²) in [6.45, 7) is 5.20. The monoisotopic (exact) mass is 172 g/mol. The maximum atomic E-state index is 5.83. The lowest BCUT2D eigenvalue weighted by atomic mass is 9.95. The van der Waals surface area contributed by atoms with Crippen molar-refractivity contribution in [3.05, 3.63) is 0 Å². The van der Waals surface area contributed by atoms with E-state index in [4.69, 9.17) is 9.47 Å². The Balaban J connectivity index is 2.36. The smallest absolute Gasteiger partial charge is 0.0815 e. The van der Waals surface area contributed by atoms with Crippen LogP contribution in [-0.4, -0.2) is 25.9 Å². The van der Waals surface area contributed by atoms with E-state index in [9.17, 15) is 0 Å². The molecule has 1 saturated heterocycles. The first-order valence-corrected chi connectivity index (χ1v) is 4.96. The molecule has 3 unspecified atom stereocenters. The zero-order valence-corrected chi connectivity index (χ0v) is 8.38. The van der Waals surface area contributed by atoms with Crippen molar-refractivity contribution in [2.75, 3.05) is 13.7 Å². The quantitative estimate of drug-likeness (QED) is 0.647. The molecule has 1 aliphatic rings. The van der Waals surface area contributed by atoms with Crippen molar-refractivity contribution in [3.63, 3.8) is 0 Å². The lowest BCUT2D eigenvalue weighted by molar-refractivity contribution is -0.00800. The largest absolute Gasteiger partial charge is 0.382 e. The second kappa shape index (κ2) is 4.83. The standard InChI is InChI=1S/C10H20O2/c1-4-8-6-9(7-11-3)12-10(8)5-2/h8-10H,4-7H2,1-3H3. The van der Waals surface area contributed by atoms with E-state index in [2.05, 4.69) is 13.8 Å². The number of ether oxygens (including phenoxy) is 2. The second-order valence-corrected chi connectivity index (χ2v) is 3.56. The van der Waals surface area contributed by atoms with Crippen LogP contribution in [0.5, 0.6) is 0 Å². The van der Waals surface area contributed by atoms with Crippen LogP contribution in [0, 0.1) is 5.92 Å². The van der Waals surface area contributed by atoms with Gasteiger partial charge in [-0.15, -0.1) is 0 Å². The highest BCUT2D eigenvalue weighted by atomic mass is 16.5. The van der Waals surface area contributed by atoms with Crippen LogP contribution in [0.2, 0.25) is 0 Å². The van der Waals surface area contributed by atoms with Gasteiger partial charge in [0.25, 0.3) is 0 Å². The molecule has 1 fully saturated rings. The molecule has 1 aliphatic heterocycles. The minimum Gasteiger partial charge on any atom is -0.382 e. The highest BCUT2D eigenvalue weighted by molar-refractivity contribution is 4.80. The molecule has 3 atom stereocenters. The van der Waals surface area contributed by atoms with Crippen LogP contribution in [0.4, 0.5) is 0 Å². The molecule has 0 aromatic rings. The molecule has 72 valence electrons. The fourth-order valence-electron chi connectivity index (χ4n) is 2.06. The Morgan fingerprint density at radius 2 is 2.08 bits per heavy atom. The van der Waals surface area contributed by atoms with Crippen molar-refractivity contribution in [1.29, 1.82) is 0 Å². The molecule has 0 aromatic heterocycles. The van der Waals surface area contributed by atoms with E-state index in [1.54, 1.807) is 7.11 Å². The molecule has 12 heavy (non-hydrogen) atoms. The van der Waals surface area contributed by atoms with Crippen LogP contribution in [0.3, 0.4) is 0 Å². The average molecular weight is 172 g/mol. The van der Waals surface area contributed by atoms with Gasteiger partial charge in [-0.2, -0.15) is 0 Å². The van der Waals surface area contributed by atoms with Gasteiger partial charge < -0.3 is 9.47 Å². The molecule has 0 N–H and O–H groups in total. The summed E-state index contributed by atoms with van der Waals surface area (Å²) in [5.41, 5.74) is 0. The second-order valence-electron chi connectivity index (χ2n) is 3.56. The number of methoxy groups -OCH3 is 1. The van der Waals surface area contributed by atoms with E-state index in [1.807, 2.05) is 0 Å². The molecule has 0 spiro atoms. The van der Waals surface area contributed by atoms with Crippen LogP contribution in [0.1, 0.15) is 33.1 Å². The lowest BCUT2D eigenvalue weighted by Crippen LogP contribution is -2.16. The third-order valence-electron chi connectivity index (χ3n) is 2.74. The molecule has 0 amide bonds. The Hall–Kier alpha value is -0.0800. The molecule has 0 bridgehead atoms. The fraction of sp³-hybridized carbons (Fsp3) is 1.00. The normalized spacial score (nSPS) is 35.8. The average Bonchev–Trinajstić information content (AvgIpc) is 2.48. The molecule has 2 heteroatoms. The summed E-state index contributed by atoms with van der Waals surface area (Å²) in [6.07, 6.45) is 4.39. The SMILES string of the molecule is CCC1CC(COC)OC1CC. The predicted octanol–water partition coefficient (Wildman–Crippen LogP) is 2.23. The molecule has 0 saturated carbocycles. The minimum atomic E-state index is 0.352. The lowest BCUT2D eigenvalue weighted by Gasteiger charge is -2.14. The van der Waals surface area contributed by atoms with Crippen molar-refractivity contribution < 1.29 is 9.47 Å². The van der Waals surface area contributed by atoms with Gasteiger partial charge in [-0.1, -0.05) is 20.3 Å². The maximum absolute atomic E-state index is 5.83. The third-order valence-corrected chi connectivity index (χ3v) is 2.74. The van der Waals surface area contributed by atoms with E-state index in [-0.39, 0.29) is 0 Å². The van der Waals surface area contributed by atoms with Crippen molar-refractivity contribution in [1.82, 2.24) is 0 Å². The maximum Gasteiger partial charge on any atom is 0.0815 e. The molecule has 0 aromatic carbocycles. The summed E-state index contributed by atoms with van der Waals surface area (Å²) in [4.78, 5) is 0. The van der Waals surface area contributed by atoms with Crippen LogP contribution < -0.4 is 0 Å². The molecule has 0 aliphatic carbocycles. The highest BCUT2D eigenvalue weighted by Gasteiger charge is 2.32. The summed E-state index contributed by atoms with van der Waals surface area (Å²) in [5.74, 6) is 0.759. The third kappa shape index (κ3) is 2.20. The molecular formula is C10H20O2. The Morgan fingerprint density at radius 1 is 1.33 bits per heavy atom. The van der Waals surface area contributed by atoms with Gasteiger partial charge in [-0.05, 0) is 18.8 Å². The predicted molar refractivity (Wildman–Crippen MR) is 49.2 cm³/mol. The van der Waals surface area contributed by atoms with Gasteiger partial charge in [0.05, 0.1) is 18.8 Å². The first-order valence-electron chi connectivity index (χ1n) is 4.96. The molecule has 2 nitrogen and oxygen atoms in total. The summed E-state index contributed by atoms with van der Waals surface area (Å²) in [5, 5.41) is 0. The van der Waals surface area contributed by atoms with Crippen LogP contribution in [0.25, 0.3) is 0 Å². The van der Waals surface area contributed by atoms with Gasteiger partial charge >= 0.3 is 0 Å². The van der Waals surface area contributed by atoms with Gasteiger partial charge in [0.2, 0.25) is 0 Å². The first-order chi connectivity index (χ1) is 5.81. The van der Waals surface area contributed by atoms with Gasteiger partial charge in [0, 0.05) is 7.11 Å². The van der Waals surface area contributed by atoms with E-state index in [1.165, 1.54) is 12.8 Å². The van der Waals surface area contributed by atoms with Crippen molar-refractivity contribution >= 4 is 0 Å². The van der Waals surface area contributed by atoms with Gasteiger partial charge in [-0.25, -0.2) is 0 Å². The van der Waals surface area contributed by atoms with E-state index in [0.29, 0.717) is 12.2 Å². The van der Waals surface area contributed by atoms with E-state index >= 15 is 0 Å². The van der Waals surface area contributed by atoms with E-state index < -0.39 is 0 Å². The Labute approximate surface area is 75.2 Å². The minimum absolute atomic E-state index is 0.352. The molecule has 0 radical (unpaired) electrons. The molecule has 1 heterocycles. The Kier molecular flexibility index (Phi) is 4.02. The zero-order valence-electron chi connectivity index (χ0n) is 8.38. The van der Waals surface area contributed by atoms with Gasteiger partial charge in [0.1, 0.15) is 0 Å². The van der Waals surface area contributed by atoms with Gasteiger partial charge in [0.15, 0.2) is 0 Å². The number of hydrogen-bond donors (Lipinski definition) is 0. The summed E-state index contributed by atoms with van der Waals surface area (Å²) >= 11 is 0. The Bertz CT molecular complexity index is 113. The first kappa shape index (κ1) is 10.0. The van der Waals surface area contributed by atoms with Crippen molar-refractivity contribution in [3.8, 4) is 0 Å². The van der Waals surface area contributed by atoms with Crippen LogP contribution in [-0.2, 0) is 9.47 Å². The van der Waals surface area contributed by atoms with E-state index in [0.717, 1.165) is 18.9 Å². The summed E-state index contributed by atoms with van der Waals surface area (Å²) in [6, 6.07) is 0. The topological polar surface area (TPSA) is 18.5 Å². The molecular weight excluding hydrogens is 152 g/mol.